The number of carbonyl (C=O) groups is 1. The molecule has 1 unspecified atom stereocenters. The van der Waals surface area contributed by atoms with Gasteiger partial charge in [0.05, 0.1) is 16.6 Å². The Kier molecular flexibility index (Phi) is 5.47. The van der Waals surface area contributed by atoms with Crippen molar-refractivity contribution in [3.63, 3.8) is 0 Å². The molecule has 0 saturated carbocycles. The summed E-state index contributed by atoms with van der Waals surface area (Å²) in [7, 11) is 0. The van der Waals surface area contributed by atoms with Gasteiger partial charge in [0, 0.05) is 32.2 Å². The monoisotopic (exact) mass is 401 g/mol. The van der Waals surface area contributed by atoms with Crippen LogP contribution in [0, 0.1) is 0 Å². The van der Waals surface area contributed by atoms with Gasteiger partial charge < -0.3 is 10.0 Å². The molecular weight excluding hydrogens is 379 g/mol. The fourth-order valence-electron chi connectivity index (χ4n) is 3.16. The van der Waals surface area contributed by atoms with Crippen molar-refractivity contribution in [3.8, 4) is 0 Å². The summed E-state index contributed by atoms with van der Waals surface area (Å²) in [4.78, 5) is 20.1. The van der Waals surface area contributed by atoms with E-state index in [-0.39, 0.29) is 0 Å². The molecule has 1 aliphatic heterocycles. The molecule has 148 valence electrons. The second-order valence-electron chi connectivity index (χ2n) is 7.03. The maximum absolute atomic E-state index is 13.8. The maximum atomic E-state index is 13.8. The fraction of sp³-hybridized carbons (Fsp3) is 0.556. The Labute approximate surface area is 159 Å². The van der Waals surface area contributed by atoms with Gasteiger partial charge in [0.1, 0.15) is 5.01 Å². The van der Waals surface area contributed by atoms with Crippen LogP contribution in [0.4, 0.5) is 13.2 Å². The standard InChI is InChI=1S/C18H22F3N3O2S/c1-12(2)23-7-9-24(10-8-23)15(25)11-17(26,18(19,20)21)16-22-13-5-3-4-6-14(13)27-16/h3-6,12,26H,7-11H2,1-2H3. The number of fused-ring (bicyclic) bond motifs is 1. The number of rotatable bonds is 4. The number of carbonyl (C=O) groups excluding carboxylic acids is 1. The molecule has 1 fully saturated rings. The highest BCUT2D eigenvalue weighted by molar-refractivity contribution is 7.18. The summed E-state index contributed by atoms with van der Waals surface area (Å²) in [5.41, 5.74) is -2.92. The molecule has 1 atom stereocenters. The number of amides is 1. The minimum absolute atomic E-state index is 0.317. The summed E-state index contributed by atoms with van der Waals surface area (Å²) in [5, 5.41) is 10.0. The normalized spacial score (nSPS) is 18.9. The molecule has 0 bridgehead atoms. The Balaban J connectivity index is 1.82. The molecule has 5 nitrogen and oxygen atoms in total. The maximum Gasteiger partial charge on any atom is 0.424 e. The highest BCUT2D eigenvalue weighted by Crippen LogP contribution is 2.44. The average molecular weight is 401 g/mol. The van der Waals surface area contributed by atoms with Gasteiger partial charge >= 0.3 is 6.18 Å². The Morgan fingerprint density at radius 3 is 2.41 bits per heavy atom. The van der Waals surface area contributed by atoms with Crippen molar-refractivity contribution in [2.75, 3.05) is 26.2 Å². The van der Waals surface area contributed by atoms with E-state index in [0.717, 1.165) is 11.3 Å². The molecule has 2 heterocycles. The zero-order valence-electron chi connectivity index (χ0n) is 15.2. The van der Waals surface area contributed by atoms with Gasteiger partial charge in [0.25, 0.3) is 0 Å². The second kappa shape index (κ2) is 7.37. The van der Waals surface area contributed by atoms with Gasteiger partial charge in [-0.3, -0.25) is 9.69 Å². The molecule has 0 spiro atoms. The molecular formula is C18H22F3N3O2S. The van der Waals surface area contributed by atoms with Crippen molar-refractivity contribution in [1.29, 1.82) is 0 Å². The molecule has 2 aromatic rings. The zero-order chi connectivity index (χ0) is 19.8. The molecule has 1 aromatic heterocycles. The summed E-state index contributed by atoms with van der Waals surface area (Å²) in [6, 6.07) is 6.89. The first-order valence-electron chi connectivity index (χ1n) is 8.79. The van der Waals surface area contributed by atoms with Gasteiger partial charge in [0.2, 0.25) is 11.5 Å². The highest BCUT2D eigenvalue weighted by atomic mass is 32.1. The smallest absolute Gasteiger partial charge is 0.374 e. The first-order chi connectivity index (χ1) is 12.6. The van der Waals surface area contributed by atoms with Crippen LogP contribution >= 0.6 is 11.3 Å². The van der Waals surface area contributed by atoms with Crippen molar-refractivity contribution in [2.24, 2.45) is 0 Å². The summed E-state index contributed by atoms with van der Waals surface area (Å²) in [6.07, 6.45) is -6.06. The van der Waals surface area contributed by atoms with E-state index in [4.69, 9.17) is 0 Å². The molecule has 27 heavy (non-hydrogen) atoms. The van der Waals surface area contributed by atoms with Gasteiger partial charge in [-0.15, -0.1) is 11.3 Å². The number of hydrogen-bond donors (Lipinski definition) is 1. The minimum atomic E-state index is -5.00. The Morgan fingerprint density at radius 2 is 1.85 bits per heavy atom. The number of alkyl halides is 3. The van der Waals surface area contributed by atoms with E-state index in [1.165, 1.54) is 4.90 Å². The summed E-state index contributed by atoms with van der Waals surface area (Å²) in [5.74, 6) is -0.711. The van der Waals surface area contributed by atoms with Crippen LogP contribution in [0.3, 0.4) is 0 Å². The van der Waals surface area contributed by atoms with Crippen LogP contribution in [0.2, 0.25) is 0 Å². The van der Waals surface area contributed by atoms with Crippen LogP contribution in [-0.4, -0.2) is 64.2 Å². The predicted molar refractivity (Wildman–Crippen MR) is 97.5 cm³/mol. The third kappa shape index (κ3) is 3.95. The SMILES string of the molecule is CC(C)N1CCN(C(=O)CC(O)(c2nc3ccccc3s2)C(F)(F)F)CC1. The predicted octanol–water partition coefficient (Wildman–Crippen LogP) is 2.99. The topological polar surface area (TPSA) is 56.7 Å². The molecule has 1 aliphatic rings. The van der Waals surface area contributed by atoms with Crippen LogP contribution in [0.5, 0.6) is 0 Å². The average Bonchev–Trinajstić information content (AvgIpc) is 3.05. The van der Waals surface area contributed by atoms with Crippen LogP contribution in [0.25, 0.3) is 10.2 Å². The second-order valence-corrected chi connectivity index (χ2v) is 8.06. The number of para-hydroxylation sites is 1. The molecule has 0 aliphatic carbocycles. The number of halogens is 3. The van der Waals surface area contributed by atoms with Crippen LogP contribution < -0.4 is 0 Å². The number of hydrogen-bond acceptors (Lipinski definition) is 5. The molecule has 1 N–H and O–H groups in total. The molecule has 1 saturated heterocycles. The minimum Gasteiger partial charge on any atom is -0.374 e. The van der Waals surface area contributed by atoms with Crippen molar-refractivity contribution in [1.82, 2.24) is 14.8 Å². The number of benzene rings is 1. The van der Waals surface area contributed by atoms with E-state index < -0.39 is 29.1 Å². The number of piperazine rings is 1. The third-order valence-electron chi connectivity index (χ3n) is 4.92. The van der Waals surface area contributed by atoms with Gasteiger partial charge in [-0.25, -0.2) is 4.98 Å². The van der Waals surface area contributed by atoms with Gasteiger partial charge in [-0.05, 0) is 26.0 Å². The molecule has 0 radical (unpaired) electrons. The molecule has 1 aromatic carbocycles. The van der Waals surface area contributed by atoms with Gasteiger partial charge in [-0.1, -0.05) is 12.1 Å². The van der Waals surface area contributed by atoms with E-state index >= 15 is 0 Å². The van der Waals surface area contributed by atoms with Gasteiger partial charge in [-0.2, -0.15) is 13.2 Å². The van der Waals surface area contributed by atoms with Crippen molar-refractivity contribution >= 4 is 27.5 Å². The highest BCUT2D eigenvalue weighted by Gasteiger charge is 2.58. The number of thiazole rings is 1. The largest absolute Gasteiger partial charge is 0.424 e. The van der Waals surface area contributed by atoms with E-state index in [9.17, 15) is 23.1 Å². The lowest BCUT2D eigenvalue weighted by atomic mass is 9.98. The number of aliphatic hydroxyl groups is 1. The summed E-state index contributed by atoms with van der Waals surface area (Å²) < 4.78 is 41.8. The lowest BCUT2D eigenvalue weighted by molar-refractivity contribution is -0.268. The van der Waals surface area contributed by atoms with Crippen LogP contribution in [0.15, 0.2) is 24.3 Å². The molecule has 3 rings (SSSR count). The summed E-state index contributed by atoms with van der Waals surface area (Å²) >= 11 is 0.764. The fourth-order valence-corrected chi connectivity index (χ4v) is 4.24. The van der Waals surface area contributed by atoms with E-state index in [0.29, 0.717) is 42.4 Å². The molecule has 9 heteroatoms. The first kappa shape index (κ1) is 20.0. The number of nitrogens with zero attached hydrogens (tertiary/aromatic N) is 3. The Morgan fingerprint density at radius 1 is 1.22 bits per heavy atom. The van der Waals surface area contributed by atoms with E-state index in [2.05, 4.69) is 9.88 Å². The van der Waals surface area contributed by atoms with Crippen molar-refractivity contribution in [3.05, 3.63) is 29.3 Å². The third-order valence-corrected chi connectivity index (χ3v) is 6.11. The Hall–Kier alpha value is -1.71. The zero-order valence-corrected chi connectivity index (χ0v) is 16.0. The van der Waals surface area contributed by atoms with E-state index in [1.54, 1.807) is 24.3 Å². The van der Waals surface area contributed by atoms with Crippen molar-refractivity contribution < 1.29 is 23.1 Å². The lowest BCUT2D eigenvalue weighted by Crippen LogP contribution is -2.53. The number of aromatic nitrogens is 1. The van der Waals surface area contributed by atoms with E-state index in [1.807, 2.05) is 13.8 Å². The lowest BCUT2D eigenvalue weighted by Gasteiger charge is -2.38. The molecule has 1 amide bonds. The first-order valence-corrected chi connectivity index (χ1v) is 9.60. The Bertz CT molecular complexity index is 783. The quantitative estimate of drug-likeness (QED) is 0.856. The van der Waals surface area contributed by atoms with Gasteiger partial charge in [0.15, 0.2) is 0 Å². The van der Waals surface area contributed by atoms with Crippen LogP contribution in [0.1, 0.15) is 25.3 Å². The van der Waals surface area contributed by atoms with Crippen molar-refractivity contribution in [2.45, 2.75) is 38.1 Å². The van der Waals surface area contributed by atoms with Crippen LogP contribution in [-0.2, 0) is 10.4 Å². The summed E-state index contributed by atoms with van der Waals surface area (Å²) in [6.45, 7) is 5.99.